The van der Waals surface area contributed by atoms with E-state index in [0.717, 1.165) is 11.8 Å². The van der Waals surface area contributed by atoms with Gasteiger partial charge in [-0.1, -0.05) is 51.1 Å². The van der Waals surface area contributed by atoms with Crippen LogP contribution in [-0.2, 0) is 22.0 Å². The summed E-state index contributed by atoms with van der Waals surface area (Å²) in [5.41, 5.74) is 3.06. The minimum absolute atomic E-state index is 0.0807. The summed E-state index contributed by atoms with van der Waals surface area (Å²) in [7, 11) is -3.53. The standard InChI is InChI=1S/C21H28FN3O2S2/c1-14(16-8-11-19(18(22)12-16)25-29(5,26)27)24-20(28)23-13-15-6-9-17(10-7-15)21(2,3)4/h6-12,14,25H,13H2,1-5H3,(H2,23,24,28). The molecule has 29 heavy (non-hydrogen) atoms. The number of thiocarbonyl (C=S) groups is 1. The fourth-order valence-electron chi connectivity index (χ4n) is 2.72. The van der Waals surface area contributed by atoms with Crippen LogP contribution in [-0.4, -0.2) is 19.8 Å². The van der Waals surface area contributed by atoms with Gasteiger partial charge in [-0.15, -0.1) is 0 Å². The SMILES string of the molecule is CC(NC(=S)NCc1ccc(C(C)(C)C)cc1)c1ccc(NS(C)(=O)=O)c(F)c1. The largest absolute Gasteiger partial charge is 0.359 e. The second kappa shape index (κ2) is 9.09. The monoisotopic (exact) mass is 437 g/mol. The zero-order chi connectivity index (χ0) is 21.8. The molecule has 0 saturated heterocycles. The van der Waals surface area contributed by atoms with Crippen molar-refractivity contribution in [2.24, 2.45) is 0 Å². The summed E-state index contributed by atoms with van der Waals surface area (Å²) in [6.45, 7) is 8.95. The summed E-state index contributed by atoms with van der Waals surface area (Å²) in [6, 6.07) is 12.5. The molecular formula is C21H28FN3O2S2. The second-order valence-corrected chi connectivity index (χ2v) is 10.3. The number of benzene rings is 2. The van der Waals surface area contributed by atoms with E-state index in [9.17, 15) is 12.8 Å². The van der Waals surface area contributed by atoms with Crippen LogP contribution in [0.2, 0.25) is 0 Å². The zero-order valence-corrected chi connectivity index (χ0v) is 19.0. The van der Waals surface area contributed by atoms with Gasteiger partial charge in [0.25, 0.3) is 0 Å². The van der Waals surface area contributed by atoms with Crippen LogP contribution in [0.3, 0.4) is 0 Å². The van der Waals surface area contributed by atoms with Crippen LogP contribution in [0, 0.1) is 5.82 Å². The van der Waals surface area contributed by atoms with Crippen molar-refractivity contribution in [3.8, 4) is 0 Å². The molecule has 1 unspecified atom stereocenters. The normalized spacial score (nSPS) is 12.9. The van der Waals surface area contributed by atoms with E-state index in [4.69, 9.17) is 12.2 Å². The van der Waals surface area contributed by atoms with Crippen molar-refractivity contribution in [1.82, 2.24) is 10.6 Å². The first-order valence-electron chi connectivity index (χ1n) is 9.26. The van der Waals surface area contributed by atoms with Gasteiger partial charge in [0.2, 0.25) is 10.0 Å². The molecule has 0 heterocycles. The molecule has 5 nitrogen and oxygen atoms in total. The van der Waals surface area contributed by atoms with Crippen LogP contribution in [0.25, 0.3) is 0 Å². The molecule has 2 aromatic rings. The van der Waals surface area contributed by atoms with Crippen molar-refractivity contribution in [2.75, 3.05) is 11.0 Å². The third kappa shape index (κ3) is 7.29. The maximum Gasteiger partial charge on any atom is 0.229 e. The maximum absolute atomic E-state index is 14.2. The molecule has 0 spiro atoms. The van der Waals surface area contributed by atoms with Crippen molar-refractivity contribution in [3.05, 3.63) is 65.0 Å². The van der Waals surface area contributed by atoms with Gasteiger partial charge >= 0.3 is 0 Å². The molecule has 1 atom stereocenters. The molecule has 0 radical (unpaired) electrons. The fourth-order valence-corrected chi connectivity index (χ4v) is 3.53. The predicted molar refractivity (Wildman–Crippen MR) is 121 cm³/mol. The minimum Gasteiger partial charge on any atom is -0.359 e. The molecule has 0 bridgehead atoms. The Hall–Kier alpha value is -2.19. The van der Waals surface area contributed by atoms with Gasteiger partial charge in [-0.3, -0.25) is 4.72 Å². The topological polar surface area (TPSA) is 70.2 Å². The van der Waals surface area contributed by atoms with Crippen molar-refractivity contribution in [3.63, 3.8) is 0 Å². The zero-order valence-electron chi connectivity index (χ0n) is 17.3. The quantitative estimate of drug-likeness (QED) is 0.591. The van der Waals surface area contributed by atoms with Gasteiger partial charge in [0.1, 0.15) is 5.82 Å². The molecule has 0 aliphatic rings. The molecule has 2 rings (SSSR count). The molecule has 0 aromatic heterocycles. The first kappa shape index (κ1) is 23.1. The lowest BCUT2D eigenvalue weighted by Crippen LogP contribution is -2.36. The minimum atomic E-state index is -3.53. The lowest BCUT2D eigenvalue weighted by molar-refractivity contribution is 0.590. The van der Waals surface area contributed by atoms with Crippen LogP contribution in [0.5, 0.6) is 0 Å². The summed E-state index contributed by atoms with van der Waals surface area (Å²) < 4.78 is 38.8. The summed E-state index contributed by atoms with van der Waals surface area (Å²) in [6.07, 6.45) is 0.977. The van der Waals surface area contributed by atoms with Gasteiger partial charge in [-0.25, -0.2) is 12.8 Å². The predicted octanol–water partition coefficient (Wildman–Crippen LogP) is 4.22. The number of halogens is 1. The van der Waals surface area contributed by atoms with Gasteiger partial charge in [-0.05, 0) is 53.4 Å². The molecule has 0 aliphatic heterocycles. The Balaban J connectivity index is 1.92. The molecular weight excluding hydrogens is 409 g/mol. The van der Waals surface area contributed by atoms with Crippen LogP contribution >= 0.6 is 12.2 Å². The van der Waals surface area contributed by atoms with Crippen LogP contribution in [0.15, 0.2) is 42.5 Å². The van der Waals surface area contributed by atoms with Crippen molar-refractivity contribution in [1.29, 1.82) is 0 Å². The van der Waals surface area contributed by atoms with Gasteiger partial charge < -0.3 is 10.6 Å². The number of anilines is 1. The molecule has 2 aromatic carbocycles. The Morgan fingerprint density at radius 2 is 1.76 bits per heavy atom. The Bertz CT molecular complexity index is 968. The average Bonchev–Trinajstić information content (AvgIpc) is 2.60. The summed E-state index contributed by atoms with van der Waals surface area (Å²) >= 11 is 5.34. The number of hydrogen-bond donors (Lipinski definition) is 3. The maximum atomic E-state index is 14.2. The number of sulfonamides is 1. The van der Waals surface area contributed by atoms with Gasteiger partial charge in [-0.2, -0.15) is 0 Å². The summed E-state index contributed by atoms with van der Waals surface area (Å²) in [4.78, 5) is 0. The number of nitrogens with one attached hydrogen (secondary N) is 3. The summed E-state index contributed by atoms with van der Waals surface area (Å²) in [5, 5.41) is 6.72. The fraction of sp³-hybridized carbons (Fsp3) is 0.381. The Morgan fingerprint density at radius 3 is 2.28 bits per heavy atom. The van der Waals surface area contributed by atoms with E-state index in [2.05, 4.69) is 60.4 Å². The van der Waals surface area contributed by atoms with Crippen LogP contribution in [0.1, 0.15) is 50.4 Å². The van der Waals surface area contributed by atoms with Crippen molar-refractivity contribution < 1.29 is 12.8 Å². The Labute approximate surface area is 178 Å². The molecule has 0 amide bonds. The van der Waals surface area contributed by atoms with Gasteiger partial charge in [0.15, 0.2) is 5.11 Å². The lowest BCUT2D eigenvalue weighted by Gasteiger charge is -2.20. The smallest absolute Gasteiger partial charge is 0.229 e. The van der Waals surface area contributed by atoms with E-state index in [1.807, 2.05) is 6.92 Å². The van der Waals surface area contributed by atoms with Crippen LogP contribution < -0.4 is 15.4 Å². The second-order valence-electron chi connectivity index (χ2n) is 8.11. The van der Waals surface area contributed by atoms with E-state index in [1.54, 1.807) is 6.07 Å². The summed E-state index contributed by atoms with van der Waals surface area (Å²) in [5.74, 6) is -0.639. The highest BCUT2D eigenvalue weighted by Gasteiger charge is 2.14. The lowest BCUT2D eigenvalue weighted by atomic mass is 9.87. The number of hydrogen-bond acceptors (Lipinski definition) is 3. The molecule has 158 valence electrons. The third-order valence-electron chi connectivity index (χ3n) is 4.41. The molecule has 8 heteroatoms. The van der Waals surface area contributed by atoms with Crippen molar-refractivity contribution >= 4 is 33.0 Å². The molecule has 0 saturated carbocycles. The van der Waals surface area contributed by atoms with E-state index >= 15 is 0 Å². The van der Waals surface area contributed by atoms with E-state index in [-0.39, 0.29) is 17.1 Å². The average molecular weight is 438 g/mol. The van der Waals surface area contributed by atoms with Gasteiger partial charge in [0.05, 0.1) is 18.0 Å². The van der Waals surface area contributed by atoms with Crippen molar-refractivity contribution in [2.45, 2.75) is 45.7 Å². The van der Waals surface area contributed by atoms with E-state index in [0.29, 0.717) is 17.2 Å². The highest BCUT2D eigenvalue weighted by atomic mass is 32.2. The van der Waals surface area contributed by atoms with Gasteiger partial charge in [0, 0.05) is 6.54 Å². The Morgan fingerprint density at radius 1 is 1.14 bits per heavy atom. The number of rotatable bonds is 6. The molecule has 0 aliphatic carbocycles. The van der Waals surface area contributed by atoms with E-state index < -0.39 is 15.8 Å². The van der Waals surface area contributed by atoms with E-state index in [1.165, 1.54) is 17.7 Å². The highest BCUT2D eigenvalue weighted by Crippen LogP contribution is 2.22. The molecule has 3 N–H and O–H groups in total. The first-order chi connectivity index (χ1) is 13.3. The van der Waals surface area contributed by atoms with Crippen LogP contribution in [0.4, 0.5) is 10.1 Å². The third-order valence-corrected chi connectivity index (χ3v) is 5.26. The Kier molecular flexibility index (Phi) is 7.24. The first-order valence-corrected chi connectivity index (χ1v) is 11.6. The highest BCUT2D eigenvalue weighted by molar-refractivity contribution is 7.92. The molecule has 0 fully saturated rings.